The van der Waals surface area contributed by atoms with Gasteiger partial charge in [0.25, 0.3) is 5.91 Å². The first kappa shape index (κ1) is 17.4. The van der Waals surface area contributed by atoms with Crippen molar-refractivity contribution in [2.45, 2.75) is 6.54 Å². The van der Waals surface area contributed by atoms with Crippen LogP contribution in [0, 0.1) is 10.1 Å². The van der Waals surface area contributed by atoms with Gasteiger partial charge in [-0.15, -0.1) is 0 Å². The third-order valence-corrected chi connectivity index (χ3v) is 4.32. The number of hydrogen-bond acceptors (Lipinski definition) is 5. The highest BCUT2D eigenvalue weighted by molar-refractivity contribution is 6.05. The molecular weight excluding hydrogens is 360 g/mol. The van der Waals surface area contributed by atoms with Crippen molar-refractivity contribution < 1.29 is 9.72 Å². The standard InChI is InChI=1S/C19H16N6O3/c1-23-12-16(25(27)28)18(22-23)19(26)20-17-9-10-24(21-17)11-14-7-4-6-13-5-2-3-8-15(13)14/h2-10,12H,11H2,1H3,(H,20,21,26). The Morgan fingerprint density at radius 2 is 1.93 bits per heavy atom. The second-order valence-corrected chi connectivity index (χ2v) is 6.28. The summed E-state index contributed by atoms with van der Waals surface area (Å²) in [6, 6.07) is 15.8. The van der Waals surface area contributed by atoms with Crippen LogP contribution in [0.15, 0.2) is 60.9 Å². The molecule has 4 aromatic rings. The van der Waals surface area contributed by atoms with Crippen molar-refractivity contribution in [1.29, 1.82) is 0 Å². The van der Waals surface area contributed by atoms with Crippen LogP contribution in [0.3, 0.4) is 0 Å². The monoisotopic (exact) mass is 376 g/mol. The Morgan fingerprint density at radius 3 is 2.75 bits per heavy atom. The normalized spacial score (nSPS) is 10.9. The van der Waals surface area contributed by atoms with Gasteiger partial charge in [-0.05, 0) is 16.3 Å². The zero-order valence-corrected chi connectivity index (χ0v) is 14.9. The van der Waals surface area contributed by atoms with E-state index in [-0.39, 0.29) is 11.4 Å². The summed E-state index contributed by atoms with van der Waals surface area (Å²) in [5.41, 5.74) is 0.491. The Kier molecular flexibility index (Phi) is 4.32. The lowest BCUT2D eigenvalue weighted by Gasteiger charge is -2.06. The number of aromatic nitrogens is 4. The van der Waals surface area contributed by atoms with Crippen molar-refractivity contribution in [2.75, 3.05) is 5.32 Å². The molecule has 9 nitrogen and oxygen atoms in total. The molecule has 2 aromatic carbocycles. The van der Waals surface area contributed by atoms with Crippen molar-refractivity contribution in [3.63, 3.8) is 0 Å². The van der Waals surface area contributed by atoms with Crippen LogP contribution < -0.4 is 5.32 Å². The second-order valence-electron chi connectivity index (χ2n) is 6.28. The maximum Gasteiger partial charge on any atom is 0.320 e. The molecule has 2 heterocycles. The van der Waals surface area contributed by atoms with Crippen LogP contribution in [0.1, 0.15) is 16.1 Å². The maximum absolute atomic E-state index is 12.4. The van der Waals surface area contributed by atoms with Gasteiger partial charge >= 0.3 is 5.69 Å². The van der Waals surface area contributed by atoms with Crippen molar-refractivity contribution in [3.05, 3.63) is 82.3 Å². The number of nitrogens with zero attached hydrogens (tertiary/aromatic N) is 5. The summed E-state index contributed by atoms with van der Waals surface area (Å²) in [4.78, 5) is 22.8. The van der Waals surface area contributed by atoms with Gasteiger partial charge in [-0.1, -0.05) is 42.5 Å². The SMILES string of the molecule is Cn1cc([N+](=O)[O-])c(C(=O)Nc2ccn(Cc3cccc4ccccc34)n2)n1. The van der Waals surface area contributed by atoms with E-state index >= 15 is 0 Å². The largest absolute Gasteiger partial charge is 0.320 e. The molecule has 0 fully saturated rings. The number of carbonyl (C=O) groups is 1. The molecule has 2 aromatic heterocycles. The van der Waals surface area contributed by atoms with Gasteiger partial charge in [-0.3, -0.25) is 24.3 Å². The predicted molar refractivity (Wildman–Crippen MR) is 103 cm³/mol. The first-order chi connectivity index (χ1) is 13.5. The zero-order chi connectivity index (χ0) is 19.7. The van der Waals surface area contributed by atoms with Crippen molar-refractivity contribution >= 4 is 28.2 Å². The Morgan fingerprint density at radius 1 is 1.14 bits per heavy atom. The first-order valence-corrected chi connectivity index (χ1v) is 8.51. The van der Waals surface area contributed by atoms with E-state index in [1.807, 2.05) is 36.4 Å². The van der Waals surface area contributed by atoms with E-state index in [4.69, 9.17) is 0 Å². The molecule has 140 valence electrons. The van der Waals surface area contributed by atoms with E-state index in [0.717, 1.165) is 16.3 Å². The molecule has 1 amide bonds. The Hall–Kier alpha value is -4.01. The lowest BCUT2D eigenvalue weighted by Crippen LogP contribution is -2.15. The number of hydrogen-bond donors (Lipinski definition) is 1. The third kappa shape index (κ3) is 3.32. The highest BCUT2D eigenvalue weighted by Crippen LogP contribution is 2.20. The van der Waals surface area contributed by atoms with Crippen molar-refractivity contribution in [3.8, 4) is 0 Å². The molecule has 0 spiro atoms. The van der Waals surface area contributed by atoms with E-state index in [9.17, 15) is 14.9 Å². The average molecular weight is 376 g/mol. The van der Waals surface area contributed by atoms with Gasteiger partial charge in [0.2, 0.25) is 5.69 Å². The first-order valence-electron chi connectivity index (χ1n) is 8.51. The Labute approximate surface area is 159 Å². The molecule has 0 atom stereocenters. The number of benzene rings is 2. The van der Waals surface area contributed by atoms with Crippen LogP contribution in [0.5, 0.6) is 0 Å². The van der Waals surface area contributed by atoms with Gasteiger partial charge in [0, 0.05) is 19.3 Å². The lowest BCUT2D eigenvalue weighted by atomic mass is 10.0. The average Bonchev–Trinajstić information content (AvgIpc) is 3.28. The Bertz CT molecular complexity index is 1190. The molecule has 0 bridgehead atoms. The van der Waals surface area contributed by atoms with E-state index in [1.165, 1.54) is 17.9 Å². The molecule has 0 aliphatic rings. The second kappa shape index (κ2) is 6.95. The molecule has 0 radical (unpaired) electrons. The van der Waals surface area contributed by atoms with Crippen LogP contribution in [-0.4, -0.2) is 30.4 Å². The number of aryl methyl sites for hydroxylation is 1. The van der Waals surface area contributed by atoms with Crippen LogP contribution >= 0.6 is 0 Å². The quantitative estimate of drug-likeness (QED) is 0.425. The number of rotatable bonds is 5. The number of carbonyl (C=O) groups excluding carboxylic acids is 1. The van der Waals surface area contributed by atoms with Crippen LogP contribution in [0.4, 0.5) is 11.5 Å². The smallest absolute Gasteiger partial charge is 0.303 e. The fourth-order valence-corrected chi connectivity index (χ4v) is 3.07. The summed E-state index contributed by atoms with van der Waals surface area (Å²) < 4.78 is 2.93. The summed E-state index contributed by atoms with van der Waals surface area (Å²) >= 11 is 0. The minimum absolute atomic E-state index is 0.254. The molecule has 1 N–H and O–H groups in total. The molecule has 28 heavy (non-hydrogen) atoms. The van der Waals surface area contributed by atoms with Gasteiger partial charge in [-0.2, -0.15) is 10.2 Å². The molecular formula is C19H16N6O3. The molecule has 4 rings (SSSR count). The van der Waals surface area contributed by atoms with Gasteiger partial charge in [0.15, 0.2) is 5.82 Å². The van der Waals surface area contributed by atoms with E-state index in [2.05, 4.69) is 21.6 Å². The third-order valence-electron chi connectivity index (χ3n) is 4.32. The Balaban J connectivity index is 1.53. The summed E-state index contributed by atoms with van der Waals surface area (Å²) in [5, 5.41) is 24.1. The highest BCUT2D eigenvalue weighted by atomic mass is 16.6. The summed E-state index contributed by atoms with van der Waals surface area (Å²) in [6.07, 6.45) is 2.93. The zero-order valence-electron chi connectivity index (χ0n) is 14.9. The fraction of sp³-hybridized carbons (Fsp3) is 0.105. The molecule has 0 unspecified atom stereocenters. The van der Waals surface area contributed by atoms with E-state index in [1.54, 1.807) is 16.9 Å². The maximum atomic E-state index is 12.4. The molecule has 0 saturated heterocycles. The molecule has 0 saturated carbocycles. The highest BCUT2D eigenvalue weighted by Gasteiger charge is 2.25. The van der Waals surface area contributed by atoms with Crippen LogP contribution in [0.2, 0.25) is 0 Å². The minimum atomic E-state index is -0.678. The summed E-state index contributed by atoms with van der Waals surface area (Å²) in [7, 11) is 1.52. The summed E-state index contributed by atoms with van der Waals surface area (Å²) in [5.74, 6) is -0.382. The number of anilines is 1. The molecule has 0 aliphatic carbocycles. The van der Waals surface area contributed by atoms with Gasteiger partial charge < -0.3 is 5.32 Å². The topological polar surface area (TPSA) is 108 Å². The number of fused-ring (bicyclic) bond motifs is 1. The van der Waals surface area contributed by atoms with Gasteiger partial charge in [0.1, 0.15) is 6.20 Å². The van der Waals surface area contributed by atoms with Crippen molar-refractivity contribution in [2.24, 2.45) is 7.05 Å². The van der Waals surface area contributed by atoms with E-state index < -0.39 is 10.8 Å². The lowest BCUT2D eigenvalue weighted by molar-refractivity contribution is -0.385. The fourth-order valence-electron chi connectivity index (χ4n) is 3.07. The van der Waals surface area contributed by atoms with Gasteiger partial charge in [0.05, 0.1) is 11.5 Å². The van der Waals surface area contributed by atoms with Crippen LogP contribution in [-0.2, 0) is 13.6 Å². The number of nitro groups is 1. The van der Waals surface area contributed by atoms with E-state index in [0.29, 0.717) is 12.4 Å². The number of amides is 1. The summed E-state index contributed by atoms with van der Waals surface area (Å²) in [6.45, 7) is 0.529. The molecule has 0 aliphatic heterocycles. The number of nitrogens with one attached hydrogen (secondary N) is 1. The van der Waals surface area contributed by atoms with Crippen molar-refractivity contribution in [1.82, 2.24) is 19.6 Å². The predicted octanol–water partition coefficient (Wildman–Crippen LogP) is 2.98. The van der Waals surface area contributed by atoms with Crippen LogP contribution in [0.25, 0.3) is 10.8 Å². The van der Waals surface area contributed by atoms with Gasteiger partial charge in [-0.25, -0.2) is 0 Å². The molecule has 9 heteroatoms. The minimum Gasteiger partial charge on any atom is -0.303 e.